The summed E-state index contributed by atoms with van der Waals surface area (Å²) in [4.78, 5) is 31.3. The molecule has 4 aromatic heterocycles. The van der Waals surface area contributed by atoms with Gasteiger partial charge in [0.2, 0.25) is 7.57 Å². The zero-order chi connectivity index (χ0) is 31.0. The number of pyridine rings is 1. The summed E-state index contributed by atoms with van der Waals surface area (Å²) in [6.07, 6.45) is -7.79. The molecular formula is C21H22BF2N9O8P2S. The maximum absolute atomic E-state index is 16.0. The molecule has 7 heterocycles. The van der Waals surface area contributed by atoms with Gasteiger partial charge in [-0.2, -0.15) is 0 Å². The van der Waals surface area contributed by atoms with Gasteiger partial charge in [-0.3, -0.25) is 18.2 Å². The number of anilines is 2. The summed E-state index contributed by atoms with van der Waals surface area (Å²) >= 11 is 5.15. The van der Waals surface area contributed by atoms with Gasteiger partial charge in [0.25, 0.3) is 7.47 Å². The fourth-order valence-corrected chi connectivity index (χ4v) is 7.72. The van der Waals surface area contributed by atoms with Crippen LogP contribution in [0.3, 0.4) is 0 Å². The second-order valence-electron chi connectivity index (χ2n) is 10.1. The first-order chi connectivity index (χ1) is 20.9. The van der Waals surface area contributed by atoms with E-state index in [1.807, 2.05) is 0 Å². The Hall–Kier alpha value is -2.71. The summed E-state index contributed by atoms with van der Waals surface area (Å²) in [5.74, 6) is 0.0523. The Morgan fingerprint density at radius 2 is 1.50 bits per heavy atom. The number of nitrogen functional groups attached to an aromatic ring is 2. The first-order valence-corrected chi connectivity index (χ1v) is 17.1. The van der Waals surface area contributed by atoms with E-state index >= 15 is 8.78 Å². The molecule has 44 heavy (non-hydrogen) atoms. The van der Waals surface area contributed by atoms with Crippen LogP contribution in [0.4, 0.5) is 20.3 Å². The van der Waals surface area contributed by atoms with Gasteiger partial charge in [0.05, 0.1) is 31.6 Å². The third-order valence-electron chi connectivity index (χ3n) is 7.31. The van der Waals surface area contributed by atoms with Crippen LogP contribution in [0.25, 0.3) is 22.3 Å². The minimum absolute atomic E-state index is 0.0523. The number of nitrogens with two attached hydrogens (primary N) is 2. The van der Waals surface area contributed by atoms with Gasteiger partial charge in [0.15, 0.2) is 41.9 Å². The van der Waals surface area contributed by atoms with E-state index in [-0.39, 0.29) is 22.6 Å². The highest BCUT2D eigenvalue weighted by Crippen LogP contribution is 2.54. The maximum Gasteiger partial charge on any atom is 0.325 e. The number of nitrogens with zero attached hydrogens (tertiary/aromatic N) is 7. The standard InChI is InChI=1S/C21H22BF2N9O8P2S/c22-42(34)36-3-9-16(12(24)21(38-9)33-7-31-14-17(26)28-5-29-19(14)33)41-43(35,44)37-4-10-15(40-42)11(23)20(39-10)32-6-30-13-8(25)1-2-27-18(13)32/h1-2,5-7,9-12,15-16,20-21H,3-4H2,(H2,25,27)(H,35,44)(H2,26,28,29)/t9-,10-,11-,12-,15-,16-,20-,21-,42+,43?/m1/s1. The van der Waals surface area contributed by atoms with Gasteiger partial charge in [-0.15, -0.1) is 0 Å². The predicted molar refractivity (Wildman–Crippen MR) is 151 cm³/mol. The minimum Gasteiger partial charge on any atom is -0.397 e. The van der Waals surface area contributed by atoms with Crippen LogP contribution in [0, 0.1) is 0 Å². The lowest BCUT2D eigenvalue weighted by Crippen LogP contribution is -2.37. The average molecular weight is 671 g/mol. The Labute approximate surface area is 252 Å². The van der Waals surface area contributed by atoms with Crippen LogP contribution < -0.4 is 11.5 Å². The van der Waals surface area contributed by atoms with Crippen molar-refractivity contribution in [1.29, 1.82) is 0 Å². The third-order valence-corrected chi connectivity index (χ3v) is 9.91. The third kappa shape index (κ3) is 5.20. The maximum atomic E-state index is 16.0. The van der Waals surface area contributed by atoms with E-state index in [2.05, 4.69) is 24.9 Å². The summed E-state index contributed by atoms with van der Waals surface area (Å²) in [6, 6.07) is 1.52. The van der Waals surface area contributed by atoms with Crippen molar-refractivity contribution in [2.75, 3.05) is 24.7 Å². The van der Waals surface area contributed by atoms with Crippen molar-refractivity contribution >= 4 is 67.4 Å². The summed E-state index contributed by atoms with van der Waals surface area (Å²) < 4.78 is 81.1. The second kappa shape index (κ2) is 11.0. The van der Waals surface area contributed by atoms with Gasteiger partial charge < -0.3 is 39.4 Å². The predicted octanol–water partition coefficient (Wildman–Crippen LogP) is 1.22. The van der Waals surface area contributed by atoms with Gasteiger partial charge in [0.1, 0.15) is 41.8 Å². The van der Waals surface area contributed by atoms with E-state index in [4.69, 9.17) is 58.4 Å². The molecule has 2 radical (unpaired) electrons. The van der Waals surface area contributed by atoms with Gasteiger partial charge in [0, 0.05) is 6.20 Å². The molecule has 0 saturated carbocycles. The minimum atomic E-state index is -4.56. The molecule has 3 aliphatic heterocycles. The van der Waals surface area contributed by atoms with Crippen LogP contribution in [0.15, 0.2) is 31.2 Å². The SMILES string of the molecule is [B][P@]1(=O)OC[C@H]2O[C@@H](n3cnc4c(N)ncnc43)[C@H](F)[C@@H]2OP(O)(=S)OC[C@H]2O[C@@H](n3cnc4c(N)ccnc43)[C@H](F)[C@@H]2O1. The summed E-state index contributed by atoms with van der Waals surface area (Å²) in [5, 5.41) is 0. The number of ether oxygens (including phenoxy) is 2. The fourth-order valence-electron chi connectivity index (χ4n) is 5.28. The van der Waals surface area contributed by atoms with Crippen molar-refractivity contribution in [1.82, 2.24) is 34.1 Å². The quantitative estimate of drug-likeness (QED) is 0.201. The molecule has 0 amide bonds. The molecule has 1 unspecified atom stereocenters. The average Bonchev–Trinajstić information content (AvgIpc) is 3.73. The number of halogens is 2. The molecule has 3 aliphatic rings. The lowest BCUT2D eigenvalue weighted by Gasteiger charge is -2.29. The van der Waals surface area contributed by atoms with Crippen molar-refractivity contribution < 1.29 is 45.8 Å². The Morgan fingerprint density at radius 3 is 2.18 bits per heavy atom. The van der Waals surface area contributed by atoms with Crippen LogP contribution in [-0.2, 0) is 43.9 Å². The molecule has 4 aromatic rings. The topological polar surface area (TPSA) is 219 Å². The second-order valence-corrected chi connectivity index (χ2v) is 14.4. The Morgan fingerprint density at radius 1 is 0.909 bits per heavy atom. The monoisotopic (exact) mass is 671 g/mol. The molecule has 0 bridgehead atoms. The van der Waals surface area contributed by atoms with Crippen molar-refractivity contribution in [3.8, 4) is 0 Å². The van der Waals surface area contributed by atoms with Gasteiger partial charge >= 0.3 is 6.72 Å². The molecular weight excluding hydrogens is 649 g/mol. The Kier molecular flexibility index (Phi) is 7.48. The molecule has 0 aromatic carbocycles. The van der Waals surface area contributed by atoms with Crippen LogP contribution >= 0.6 is 14.2 Å². The van der Waals surface area contributed by atoms with Crippen LogP contribution in [0.5, 0.6) is 0 Å². The smallest absolute Gasteiger partial charge is 0.325 e. The molecule has 0 spiro atoms. The number of fused-ring (bicyclic) bond motifs is 4. The number of aromatic nitrogens is 7. The molecule has 10 atom stereocenters. The van der Waals surface area contributed by atoms with E-state index < -0.39 is 76.6 Å². The molecule has 0 aliphatic carbocycles. The highest BCUT2D eigenvalue weighted by molar-refractivity contribution is 8.07. The van der Waals surface area contributed by atoms with Gasteiger partial charge in [-0.05, 0) is 17.9 Å². The molecule has 5 N–H and O–H groups in total. The zero-order valence-corrected chi connectivity index (χ0v) is 24.8. The molecule has 3 saturated heterocycles. The number of rotatable bonds is 2. The number of hydrogen-bond donors (Lipinski definition) is 3. The van der Waals surface area contributed by atoms with Gasteiger partial charge in [-0.25, -0.2) is 33.7 Å². The molecule has 7 rings (SSSR count). The normalized spacial score (nSPS) is 38.2. The summed E-state index contributed by atoms with van der Waals surface area (Å²) in [6.45, 7) is -5.56. The summed E-state index contributed by atoms with van der Waals surface area (Å²) in [7, 11) is 1.28. The molecule has 232 valence electrons. The summed E-state index contributed by atoms with van der Waals surface area (Å²) in [5.41, 5.74) is 12.9. The zero-order valence-electron chi connectivity index (χ0n) is 22.1. The van der Waals surface area contributed by atoms with Crippen molar-refractivity contribution in [3.05, 3.63) is 31.2 Å². The van der Waals surface area contributed by atoms with Gasteiger partial charge in [-0.1, -0.05) is 0 Å². The van der Waals surface area contributed by atoms with Crippen LogP contribution in [0.2, 0.25) is 0 Å². The number of imidazole rings is 2. The fraction of sp³-hybridized carbons (Fsp3) is 0.476. The lowest BCUT2D eigenvalue weighted by atomic mass is 10.1. The van der Waals surface area contributed by atoms with E-state index in [1.54, 1.807) is 0 Å². The van der Waals surface area contributed by atoms with E-state index in [1.165, 1.54) is 34.1 Å². The molecule has 17 nitrogen and oxygen atoms in total. The highest BCUT2D eigenvalue weighted by Gasteiger charge is 2.53. The Balaban J connectivity index is 1.17. The Bertz CT molecular complexity index is 1710. The largest absolute Gasteiger partial charge is 0.397 e. The molecule has 3 fully saturated rings. The van der Waals surface area contributed by atoms with Crippen molar-refractivity contribution in [3.63, 3.8) is 0 Å². The first kappa shape index (κ1) is 30.0. The first-order valence-electron chi connectivity index (χ1n) is 12.9. The van der Waals surface area contributed by atoms with E-state index in [0.29, 0.717) is 11.2 Å². The molecule has 23 heteroatoms. The number of hydrogen-bond acceptors (Lipinski definition) is 15. The number of alkyl halides is 2. The van der Waals surface area contributed by atoms with E-state index in [0.717, 1.165) is 6.33 Å². The highest BCUT2D eigenvalue weighted by atomic mass is 32.5. The van der Waals surface area contributed by atoms with Crippen LogP contribution in [0.1, 0.15) is 12.5 Å². The van der Waals surface area contributed by atoms with Crippen LogP contribution in [-0.4, -0.2) is 96.5 Å². The lowest BCUT2D eigenvalue weighted by molar-refractivity contribution is -0.0566. The van der Waals surface area contributed by atoms with E-state index in [9.17, 15) is 9.46 Å². The van der Waals surface area contributed by atoms with Crippen molar-refractivity contribution in [2.45, 2.75) is 49.2 Å². The van der Waals surface area contributed by atoms with Crippen molar-refractivity contribution in [2.24, 2.45) is 0 Å².